The molecule has 0 radical (unpaired) electrons. The number of rotatable bonds is 8. The lowest BCUT2D eigenvalue weighted by Gasteiger charge is -2.11. The summed E-state index contributed by atoms with van der Waals surface area (Å²) in [5, 5.41) is 3.29. The Hall–Kier alpha value is -2.14. The number of benzene rings is 1. The molecular weight excluding hydrogens is 266 g/mol. The van der Waals surface area contributed by atoms with Gasteiger partial charge in [0, 0.05) is 12.7 Å². The number of nitrogens with zero attached hydrogens (tertiary/aromatic N) is 2. The first kappa shape index (κ1) is 15.3. The van der Waals surface area contributed by atoms with Crippen LogP contribution in [0.3, 0.4) is 0 Å². The van der Waals surface area contributed by atoms with Crippen molar-refractivity contribution in [3.05, 3.63) is 42.4 Å². The molecule has 0 amide bonds. The Kier molecular flexibility index (Phi) is 5.97. The Morgan fingerprint density at radius 3 is 2.67 bits per heavy atom. The second-order valence-corrected chi connectivity index (χ2v) is 4.51. The van der Waals surface area contributed by atoms with Crippen LogP contribution in [0, 0.1) is 0 Å². The van der Waals surface area contributed by atoms with Crippen LogP contribution in [0.4, 0.5) is 0 Å². The second kappa shape index (κ2) is 8.21. The molecule has 0 bridgehead atoms. The van der Waals surface area contributed by atoms with Crippen LogP contribution < -0.4 is 14.8 Å². The minimum absolute atomic E-state index is 0.470. The maximum Gasteiger partial charge on any atom is 0.238 e. The van der Waals surface area contributed by atoms with Crippen LogP contribution in [0.25, 0.3) is 0 Å². The lowest BCUT2D eigenvalue weighted by molar-refractivity contribution is 0.319. The Labute approximate surface area is 125 Å². The van der Waals surface area contributed by atoms with Gasteiger partial charge in [-0.05, 0) is 32.0 Å². The van der Waals surface area contributed by atoms with Gasteiger partial charge in [0.15, 0.2) is 11.5 Å². The molecule has 112 valence electrons. The van der Waals surface area contributed by atoms with E-state index in [1.165, 1.54) is 0 Å². The highest BCUT2D eigenvalue weighted by Crippen LogP contribution is 2.30. The molecule has 0 atom stereocenters. The molecule has 1 aromatic heterocycles. The quantitative estimate of drug-likeness (QED) is 0.756. The molecule has 0 saturated heterocycles. The lowest BCUT2D eigenvalue weighted by atomic mass is 10.3. The average molecular weight is 287 g/mol. The van der Waals surface area contributed by atoms with Gasteiger partial charge >= 0.3 is 0 Å². The third-order valence-electron chi connectivity index (χ3n) is 2.76. The van der Waals surface area contributed by atoms with E-state index >= 15 is 0 Å². The van der Waals surface area contributed by atoms with Crippen LogP contribution in [0.1, 0.15) is 26.0 Å². The van der Waals surface area contributed by atoms with Gasteiger partial charge < -0.3 is 14.8 Å². The molecule has 0 aliphatic rings. The summed E-state index contributed by atoms with van der Waals surface area (Å²) in [4.78, 5) is 8.61. The molecule has 5 nitrogen and oxygen atoms in total. The molecule has 0 aliphatic carbocycles. The fourth-order valence-corrected chi connectivity index (χ4v) is 1.84. The van der Waals surface area contributed by atoms with E-state index < -0.39 is 0 Å². The summed E-state index contributed by atoms with van der Waals surface area (Å²) in [5.74, 6) is 1.82. The van der Waals surface area contributed by atoms with Gasteiger partial charge in [-0.1, -0.05) is 19.1 Å². The van der Waals surface area contributed by atoms with Crippen molar-refractivity contribution in [2.24, 2.45) is 0 Å². The van der Waals surface area contributed by atoms with E-state index in [0.717, 1.165) is 18.7 Å². The van der Waals surface area contributed by atoms with Crippen LogP contribution in [0.15, 0.2) is 36.7 Å². The third kappa shape index (κ3) is 4.72. The smallest absolute Gasteiger partial charge is 0.238 e. The zero-order valence-corrected chi connectivity index (χ0v) is 12.5. The number of nitrogens with one attached hydrogen (secondary N) is 1. The van der Waals surface area contributed by atoms with Crippen molar-refractivity contribution in [3.63, 3.8) is 0 Å². The lowest BCUT2D eigenvalue weighted by Crippen LogP contribution is -2.15. The van der Waals surface area contributed by atoms with Crippen LogP contribution in [-0.4, -0.2) is 23.1 Å². The average Bonchev–Trinajstić information content (AvgIpc) is 2.50. The normalized spacial score (nSPS) is 10.4. The Morgan fingerprint density at radius 2 is 1.90 bits per heavy atom. The number of para-hydroxylation sites is 2. The van der Waals surface area contributed by atoms with Crippen LogP contribution in [-0.2, 0) is 6.54 Å². The van der Waals surface area contributed by atoms with Gasteiger partial charge in [0.05, 0.1) is 18.5 Å². The SMILES string of the molecule is CCCNCc1cncc(Oc2ccccc2OCC)n1. The highest BCUT2D eigenvalue weighted by atomic mass is 16.5. The topological polar surface area (TPSA) is 56.3 Å². The molecule has 1 aromatic carbocycles. The van der Waals surface area contributed by atoms with Gasteiger partial charge in [0.25, 0.3) is 0 Å². The monoisotopic (exact) mass is 287 g/mol. The van der Waals surface area contributed by atoms with Gasteiger partial charge in [-0.3, -0.25) is 4.98 Å². The molecule has 5 heteroatoms. The highest BCUT2D eigenvalue weighted by Gasteiger charge is 2.07. The summed E-state index contributed by atoms with van der Waals surface area (Å²) < 4.78 is 11.3. The summed E-state index contributed by atoms with van der Waals surface area (Å²) in [6.07, 6.45) is 4.43. The first-order chi connectivity index (χ1) is 10.3. The fourth-order valence-electron chi connectivity index (χ4n) is 1.84. The minimum Gasteiger partial charge on any atom is -0.490 e. The molecular formula is C16H21N3O2. The molecule has 0 aliphatic heterocycles. The van der Waals surface area contributed by atoms with Crippen LogP contribution in [0.2, 0.25) is 0 Å². The van der Waals surface area contributed by atoms with Gasteiger partial charge in [0.2, 0.25) is 5.88 Å². The zero-order valence-electron chi connectivity index (χ0n) is 12.5. The summed E-state index contributed by atoms with van der Waals surface area (Å²) >= 11 is 0. The van der Waals surface area contributed by atoms with Crippen LogP contribution in [0.5, 0.6) is 17.4 Å². The Balaban J connectivity index is 2.07. The Bertz CT molecular complexity index is 561. The molecule has 2 rings (SSSR count). The van der Waals surface area contributed by atoms with E-state index in [1.54, 1.807) is 12.4 Å². The van der Waals surface area contributed by atoms with Crippen molar-refractivity contribution in [2.45, 2.75) is 26.8 Å². The van der Waals surface area contributed by atoms with E-state index in [9.17, 15) is 0 Å². The molecule has 2 aromatic rings. The molecule has 0 spiro atoms. The zero-order chi connectivity index (χ0) is 14.9. The number of hydrogen-bond acceptors (Lipinski definition) is 5. The highest BCUT2D eigenvalue weighted by molar-refractivity contribution is 5.41. The predicted molar refractivity (Wildman–Crippen MR) is 81.7 cm³/mol. The van der Waals surface area contributed by atoms with E-state index in [1.807, 2.05) is 31.2 Å². The van der Waals surface area contributed by atoms with Gasteiger partial charge in [-0.15, -0.1) is 0 Å². The van der Waals surface area contributed by atoms with Gasteiger partial charge in [0.1, 0.15) is 0 Å². The number of hydrogen-bond donors (Lipinski definition) is 1. The molecule has 21 heavy (non-hydrogen) atoms. The second-order valence-electron chi connectivity index (χ2n) is 4.51. The maximum absolute atomic E-state index is 5.78. The van der Waals surface area contributed by atoms with Gasteiger partial charge in [-0.25, -0.2) is 4.98 Å². The van der Waals surface area contributed by atoms with Crippen molar-refractivity contribution in [1.82, 2.24) is 15.3 Å². The third-order valence-corrected chi connectivity index (χ3v) is 2.76. The largest absolute Gasteiger partial charge is 0.490 e. The summed E-state index contributed by atoms with van der Waals surface area (Å²) in [6.45, 7) is 6.30. The molecule has 0 saturated carbocycles. The van der Waals surface area contributed by atoms with E-state index in [2.05, 4.69) is 22.2 Å². The molecule has 0 unspecified atom stereocenters. The predicted octanol–water partition coefficient (Wildman–Crippen LogP) is 3.17. The van der Waals surface area contributed by atoms with Crippen molar-refractivity contribution in [2.75, 3.05) is 13.2 Å². The van der Waals surface area contributed by atoms with E-state index in [0.29, 0.717) is 30.5 Å². The van der Waals surface area contributed by atoms with Crippen LogP contribution >= 0.6 is 0 Å². The molecule has 0 fully saturated rings. The first-order valence-electron chi connectivity index (χ1n) is 7.24. The van der Waals surface area contributed by atoms with Gasteiger partial charge in [-0.2, -0.15) is 0 Å². The summed E-state index contributed by atoms with van der Waals surface area (Å²) in [5.41, 5.74) is 0.856. The van der Waals surface area contributed by atoms with E-state index in [4.69, 9.17) is 9.47 Å². The molecule has 1 heterocycles. The number of aromatic nitrogens is 2. The first-order valence-corrected chi connectivity index (χ1v) is 7.24. The maximum atomic E-state index is 5.78. The van der Waals surface area contributed by atoms with Crippen molar-refractivity contribution in [3.8, 4) is 17.4 Å². The van der Waals surface area contributed by atoms with Crippen molar-refractivity contribution in [1.29, 1.82) is 0 Å². The fraction of sp³-hybridized carbons (Fsp3) is 0.375. The summed E-state index contributed by atoms with van der Waals surface area (Å²) in [6, 6.07) is 7.54. The van der Waals surface area contributed by atoms with Crippen molar-refractivity contribution < 1.29 is 9.47 Å². The standard InChI is InChI=1S/C16H21N3O2/c1-3-9-17-10-13-11-18-12-16(19-13)21-15-8-6-5-7-14(15)20-4-2/h5-8,11-12,17H,3-4,9-10H2,1-2H3. The number of ether oxygens (including phenoxy) is 2. The van der Waals surface area contributed by atoms with Crippen molar-refractivity contribution >= 4 is 0 Å². The van der Waals surface area contributed by atoms with E-state index in [-0.39, 0.29) is 0 Å². The molecule has 1 N–H and O–H groups in total. The summed E-state index contributed by atoms with van der Waals surface area (Å²) in [7, 11) is 0. The Morgan fingerprint density at radius 1 is 1.10 bits per heavy atom. The minimum atomic E-state index is 0.470.